The van der Waals surface area contributed by atoms with Crippen molar-refractivity contribution in [2.45, 2.75) is 107 Å². The van der Waals surface area contributed by atoms with Crippen LogP contribution in [0.1, 0.15) is 79.6 Å². The number of halogens is 2. The molecule has 14 atom stereocenters. The number of Topliss-reactive ketones (excluding diaryl/α,β-unsaturated/α-hetero) is 1. The average molecular weight is 630 g/mol. The third kappa shape index (κ3) is 3.43. The van der Waals surface area contributed by atoms with Crippen LogP contribution in [0.25, 0.3) is 0 Å². The van der Waals surface area contributed by atoms with Crippen LogP contribution in [0.2, 0.25) is 0 Å². The molecule has 6 rings (SSSR count). The van der Waals surface area contributed by atoms with E-state index in [1.54, 1.807) is 0 Å². The summed E-state index contributed by atoms with van der Waals surface area (Å²) in [6.07, 6.45) is 7.30. The Morgan fingerprint density at radius 1 is 1.06 bits per heavy atom. The molecule has 4 saturated carbocycles. The Balaban J connectivity index is 1.29. The molecular formula is C29H42Br2O5. The largest absolute Gasteiger partial charge is 0.463 e. The van der Waals surface area contributed by atoms with E-state index in [1.807, 2.05) is 0 Å². The molecule has 0 amide bonds. The van der Waals surface area contributed by atoms with Crippen molar-refractivity contribution in [2.24, 2.45) is 52.3 Å². The minimum absolute atomic E-state index is 0.0298. The van der Waals surface area contributed by atoms with Crippen molar-refractivity contribution in [1.29, 1.82) is 0 Å². The number of ether oxygens (including phenoxy) is 3. The fraction of sp³-hybridized carbons (Fsp3) is 0.931. The molecule has 2 saturated heterocycles. The van der Waals surface area contributed by atoms with Crippen molar-refractivity contribution in [3.63, 3.8) is 0 Å². The number of esters is 1. The number of fused-ring (bicyclic) bond motifs is 7. The summed E-state index contributed by atoms with van der Waals surface area (Å²) in [6.45, 7) is 11.4. The summed E-state index contributed by atoms with van der Waals surface area (Å²) in [5.74, 6) is 2.18. The van der Waals surface area contributed by atoms with Gasteiger partial charge in [-0.05, 0) is 80.0 Å². The molecule has 4 aliphatic carbocycles. The summed E-state index contributed by atoms with van der Waals surface area (Å²) in [5, 5.41) is 0. The van der Waals surface area contributed by atoms with Crippen LogP contribution in [-0.4, -0.2) is 46.0 Å². The number of carbonyl (C=O) groups excluding carboxylic acids is 2. The van der Waals surface area contributed by atoms with Crippen LogP contribution in [0.15, 0.2) is 0 Å². The lowest BCUT2D eigenvalue weighted by Crippen LogP contribution is -2.63. The lowest BCUT2D eigenvalue weighted by atomic mass is 9.44. The average Bonchev–Trinajstić information content (AvgIpc) is 3.26. The maximum atomic E-state index is 14.5. The van der Waals surface area contributed by atoms with Gasteiger partial charge in [0.2, 0.25) is 0 Å². The molecule has 2 heterocycles. The van der Waals surface area contributed by atoms with Crippen molar-refractivity contribution in [3.05, 3.63) is 0 Å². The number of ketones is 1. The maximum Gasteiger partial charge on any atom is 0.302 e. The first kappa shape index (κ1) is 26.3. The first-order valence-corrected chi connectivity index (χ1v) is 16.1. The molecule has 36 heavy (non-hydrogen) atoms. The van der Waals surface area contributed by atoms with Crippen molar-refractivity contribution < 1.29 is 23.8 Å². The highest BCUT2D eigenvalue weighted by atomic mass is 79.9. The summed E-state index contributed by atoms with van der Waals surface area (Å²) in [6, 6.07) is 0. The van der Waals surface area contributed by atoms with Gasteiger partial charge >= 0.3 is 5.97 Å². The number of hydrogen-bond acceptors (Lipinski definition) is 5. The SMILES string of the molecule is CC(=O)O[C@H]1CC[C@@]2(C)C(CC[C@@H]3C2C(Br)C(=O)[C@]2(C)C4C(CC32)OC2(OCC(C)CC2Br)C4C)C1. The molecule has 10 unspecified atom stereocenters. The minimum Gasteiger partial charge on any atom is -0.463 e. The fourth-order valence-corrected chi connectivity index (χ4v) is 13.2. The van der Waals surface area contributed by atoms with Crippen LogP contribution in [0, 0.1) is 52.3 Å². The number of alkyl halides is 2. The molecule has 5 nitrogen and oxygen atoms in total. The topological polar surface area (TPSA) is 61.8 Å². The normalized spacial score (nSPS) is 58.1. The van der Waals surface area contributed by atoms with Gasteiger partial charge in [-0.2, -0.15) is 0 Å². The van der Waals surface area contributed by atoms with Gasteiger partial charge in [0.25, 0.3) is 0 Å². The third-order valence-electron chi connectivity index (χ3n) is 12.0. The van der Waals surface area contributed by atoms with E-state index >= 15 is 0 Å². The zero-order valence-electron chi connectivity index (χ0n) is 22.3. The van der Waals surface area contributed by atoms with Gasteiger partial charge in [0, 0.05) is 24.2 Å². The lowest BCUT2D eigenvalue weighted by molar-refractivity contribution is -0.266. The van der Waals surface area contributed by atoms with Crippen LogP contribution in [-0.2, 0) is 23.8 Å². The van der Waals surface area contributed by atoms with Crippen LogP contribution >= 0.6 is 31.9 Å². The van der Waals surface area contributed by atoms with E-state index in [-0.39, 0.29) is 50.5 Å². The lowest BCUT2D eigenvalue weighted by Gasteiger charge is -2.62. The monoisotopic (exact) mass is 628 g/mol. The molecule has 0 aromatic rings. The summed E-state index contributed by atoms with van der Waals surface area (Å²) < 4.78 is 19.0. The standard InChI is InChI=1S/C29H42Br2O5/c1-14-10-22(30)29(34-13-14)15(2)23-21(36-29)12-20-19-7-6-17-11-18(35-16(3)32)8-9-27(17,4)24(19)25(31)26(33)28(20,23)5/h14-15,17-25H,6-13H2,1-5H3/t14?,15?,17?,18-,19-,20?,21?,22?,23?,24?,25?,27-,28-,29?/m0/s1. The highest BCUT2D eigenvalue weighted by Gasteiger charge is 2.74. The van der Waals surface area contributed by atoms with Gasteiger partial charge in [-0.25, -0.2) is 0 Å². The zero-order chi connectivity index (χ0) is 25.8. The smallest absolute Gasteiger partial charge is 0.302 e. The predicted molar refractivity (Wildman–Crippen MR) is 144 cm³/mol. The molecule has 7 heteroatoms. The second kappa shape index (κ2) is 8.76. The van der Waals surface area contributed by atoms with Crippen LogP contribution in [0.5, 0.6) is 0 Å². The molecule has 202 valence electrons. The van der Waals surface area contributed by atoms with Gasteiger partial charge in [-0.15, -0.1) is 0 Å². The predicted octanol–water partition coefficient (Wildman–Crippen LogP) is 6.29. The fourth-order valence-electron chi connectivity index (χ4n) is 10.4. The van der Waals surface area contributed by atoms with Crippen molar-refractivity contribution in [3.8, 4) is 0 Å². The van der Waals surface area contributed by atoms with Gasteiger partial charge in [0.05, 0.1) is 22.4 Å². The summed E-state index contributed by atoms with van der Waals surface area (Å²) in [7, 11) is 0. The van der Waals surface area contributed by atoms with E-state index in [9.17, 15) is 9.59 Å². The zero-order valence-corrected chi connectivity index (χ0v) is 25.5. The Bertz CT molecular complexity index is 943. The van der Waals surface area contributed by atoms with Crippen molar-refractivity contribution in [1.82, 2.24) is 0 Å². The Kier molecular flexibility index (Phi) is 6.39. The minimum atomic E-state index is -0.618. The molecule has 1 spiro atoms. The van der Waals surface area contributed by atoms with E-state index in [0.29, 0.717) is 35.4 Å². The highest BCUT2D eigenvalue weighted by Crippen LogP contribution is 2.71. The molecule has 0 N–H and O–H groups in total. The van der Waals surface area contributed by atoms with E-state index in [2.05, 4.69) is 59.6 Å². The molecule has 2 aliphatic heterocycles. The van der Waals surface area contributed by atoms with E-state index in [4.69, 9.17) is 14.2 Å². The second-order valence-electron chi connectivity index (χ2n) is 13.7. The molecule has 0 aromatic heterocycles. The first-order valence-electron chi connectivity index (χ1n) is 14.2. The molecular weight excluding hydrogens is 588 g/mol. The quantitative estimate of drug-likeness (QED) is 0.252. The van der Waals surface area contributed by atoms with Crippen LogP contribution in [0.3, 0.4) is 0 Å². The van der Waals surface area contributed by atoms with Gasteiger partial charge in [0.15, 0.2) is 11.6 Å². The molecule has 0 radical (unpaired) electrons. The van der Waals surface area contributed by atoms with E-state index < -0.39 is 5.79 Å². The van der Waals surface area contributed by atoms with E-state index in [0.717, 1.165) is 51.6 Å². The highest BCUT2D eigenvalue weighted by molar-refractivity contribution is 9.10. The Hall–Kier alpha value is 0.0200. The molecule has 0 bridgehead atoms. The van der Waals surface area contributed by atoms with Gasteiger partial charge in [0.1, 0.15) is 6.10 Å². The summed E-state index contributed by atoms with van der Waals surface area (Å²) >= 11 is 7.97. The number of hydrogen-bond donors (Lipinski definition) is 0. The van der Waals surface area contributed by atoms with Gasteiger partial charge in [-0.1, -0.05) is 59.6 Å². The molecule has 0 aromatic carbocycles. The Labute approximate surface area is 232 Å². The van der Waals surface area contributed by atoms with Crippen LogP contribution in [0.4, 0.5) is 0 Å². The number of carbonyl (C=O) groups is 2. The second-order valence-corrected chi connectivity index (χ2v) is 15.8. The Morgan fingerprint density at radius 2 is 1.81 bits per heavy atom. The Morgan fingerprint density at radius 3 is 2.50 bits per heavy atom. The van der Waals surface area contributed by atoms with Crippen molar-refractivity contribution >= 4 is 43.6 Å². The molecule has 6 fully saturated rings. The van der Waals surface area contributed by atoms with Crippen LogP contribution < -0.4 is 0 Å². The third-order valence-corrected chi connectivity index (χ3v) is 14.0. The molecule has 6 aliphatic rings. The maximum absolute atomic E-state index is 14.5. The number of rotatable bonds is 1. The summed E-state index contributed by atoms with van der Waals surface area (Å²) in [5.41, 5.74) is -0.292. The van der Waals surface area contributed by atoms with E-state index in [1.165, 1.54) is 6.92 Å². The van der Waals surface area contributed by atoms with Crippen molar-refractivity contribution in [2.75, 3.05) is 6.61 Å². The van der Waals surface area contributed by atoms with Gasteiger partial charge in [-0.3, -0.25) is 9.59 Å². The first-order chi connectivity index (χ1) is 16.9. The summed E-state index contributed by atoms with van der Waals surface area (Å²) in [4.78, 5) is 26.1. The van der Waals surface area contributed by atoms with Gasteiger partial charge < -0.3 is 14.2 Å².